The summed E-state index contributed by atoms with van der Waals surface area (Å²) in [5.74, 6) is -0.784. The number of anilines is 1. The van der Waals surface area contributed by atoms with E-state index in [0.29, 0.717) is 31.2 Å². The van der Waals surface area contributed by atoms with Crippen LogP contribution < -0.4 is 10.6 Å². The summed E-state index contributed by atoms with van der Waals surface area (Å²) in [5.41, 5.74) is 0.0855. The number of piperazine rings is 1. The molecule has 2 amide bonds. The molecule has 0 saturated carbocycles. The number of hydrogen-bond acceptors (Lipinski definition) is 4. The summed E-state index contributed by atoms with van der Waals surface area (Å²) in [5, 5.41) is 5.68. The first-order valence-electron chi connectivity index (χ1n) is 7.94. The highest BCUT2D eigenvalue weighted by Gasteiger charge is 2.20. The molecule has 1 aromatic rings. The standard InChI is InChI=1S/C16H22ClFN4O2/c1-2-19-15(23)10-21-5-7-22(8-6-21)11-16(24)20-14-9-12(17)3-4-13(14)18/h3-4,9H,2,5-8,10-11H2,1H3,(H,19,23)(H,20,24). The number of benzene rings is 1. The van der Waals surface area contributed by atoms with Crippen molar-refractivity contribution >= 4 is 29.1 Å². The predicted molar refractivity (Wildman–Crippen MR) is 91.6 cm³/mol. The minimum Gasteiger partial charge on any atom is -0.355 e. The third-order valence-electron chi connectivity index (χ3n) is 3.78. The topological polar surface area (TPSA) is 64.7 Å². The number of likely N-dealkylation sites (N-methyl/N-ethyl adjacent to an activating group) is 1. The summed E-state index contributed by atoms with van der Waals surface area (Å²) in [6.07, 6.45) is 0. The van der Waals surface area contributed by atoms with Crippen LogP contribution in [0.3, 0.4) is 0 Å². The van der Waals surface area contributed by atoms with Gasteiger partial charge in [0.2, 0.25) is 11.8 Å². The predicted octanol–water partition coefficient (Wildman–Crippen LogP) is 1.17. The second-order valence-corrected chi connectivity index (χ2v) is 6.11. The Morgan fingerprint density at radius 3 is 2.29 bits per heavy atom. The van der Waals surface area contributed by atoms with Gasteiger partial charge in [-0.3, -0.25) is 19.4 Å². The van der Waals surface area contributed by atoms with E-state index in [1.165, 1.54) is 18.2 Å². The number of amides is 2. The molecule has 0 atom stereocenters. The molecule has 0 radical (unpaired) electrons. The Hall–Kier alpha value is -1.70. The van der Waals surface area contributed by atoms with Crippen molar-refractivity contribution in [3.05, 3.63) is 29.0 Å². The maximum Gasteiger partial charge on any atom is 0.238 e. The molecule has 0 aromatic heterocycles. The maximum atomic E-state index is 13.6. The normalized spacial score (nSPS) is 16.0. The van der Waals surface area contributed by atoms with Crippen molar-refractivity contribution in [2.45, 2.75) is 6.92 Å². The van der Waals surface area contributed by atoms with Crippen LogP contribution in [0, 0.1) is 5.82 Å². The Balaban J connectivity index is 1.76. The van der Waals surface area contributed by atoms with Gasteiger partial charge in [0.1, 0.15) is 5.82 Å². The number of nitrogens with one attached hydrogen (secondary N) is 2. The Kier molecular flexibility index (Phi) is 6.96. The highest BCUT2D eigenvalue weighted by atomic mass is 35.5. The van der Waals surface area contributed by atoms with E-state index in [-0.39, 0.29) is 24.0 Å². The maximum absolute atomic E-state index is 13.6. The molecule has 1 saturated heterocycles. The Labute approximate surface area is 145 Å². The van der Waals surface area contributed by atoms with E-state index in [9.17, 15) is 14.0 Å². The number of rotatable bonds is 6. The Morgan fingerprint density at radius 2 is 1.71 bits per heavy atom. The summed E-state index contributed by atoms with van der Waals surface area (Å²) in [7, 11) is 0. The number of halogens is 2. The van der Waals surface area contributed by atoms with Crippen LogP contribution in [0.15, 0.2) is 18.2 Å². The molecular weight excluding hydrogens is 335 g/mol. The lowest BCUT2D eigenvalue weighted by atomic mass is 10.3. The molecule has 1 aliphatic rings. The minimum atomic E-state index is -0.514. The van der Waals surface area contributed by atoms with Crippen LogP contribution in [0.25, 0.3) is 0 Å². The van der Waals surface area contributed by atoms with Crippen molar-refractivity contribution in [1.82, 2.24) is 15.1 Å². The van der Waals surface area contributed by atoms with E-state index in [1.54, 1.807) is 0 Å². The quantitative estimate of drug-likeness (QED) is 0.803. The average Bonchev–Trinajstić information content (AvgIpc) is 2.53. The van der Waals surface area contributed by atoms with Crippen LogP contribution >= 0.6 is 11.6 Å². The fourth-order valence-corrected chi connectivity index (χ4v) is 2.72. The molecule has 0 spiro atoms. The van der Waals surface area contributed by atoms with Crippen molar-refractivity contribution in [2.75, 3.05) is 51.1 Å². The molecule has 2 rings (SSSR count). The number of carbonyl (C=O) groups is 2. The first-order chi connectivity index (χ1) is 11.5. The monoisotopic (exact) mass is 356 g/mol. The van der Waals surface area contributed by atoms with E-state index in [2.05, 4.69) is 15.5 Å². The summed E-state index contributed by atoms with van der Waals surface area (Å²) < 4.78 is 13.6. The van der Waals surface area contributed by atoms with Crippen LogP contribution in [0.1, 0.15) is 6.92 Å². The summed E-state index contributed by atoms with van der Waals surface area (Å²) in [4.78, 5) is 27.6. The summed E-state index contributed by atoms with van der Waals surface area (Å²) in [6, 6.07) is 4.04. The van der Waals surface area contributed by atoms with Gasteiger partial charge in [-0.2, -0.15) is 0 Å². The minimum absolute atomic E-state index is 0.0140. The largest absolute Gasteiger partial charge is 0.355 e. The zero-order valence-corrected chi connectivity index (χ0v) is 14.4. The lowest BCUT2D eigenvalue weighted by molar-refractivity contribution is -0.123. The third-order valence-corrected chi connectivity index (χ3v) is 4.01. The van der Waals surface area contributed by atoms with Crippen LogP contribution in [0.2, 0.25) is 5.02 Å². The van der Waals surface area contributed by atoms with Gasteiger partial charge in [0.15, 0.2) is 0 Å². The Morgan fingerprint density at radius 1 is 1.12 bits per heavy atom. The smallest absolute Gasteiger partial charge is 0.238 e. The molecule has 1 aromatic carbocycles. The molecular formula is C16H22ClFN4O2. The second kappa shape index (κ2) is 8.96. The Bertz CT molecular complexity index is 591. The summed E-state index contributed by atoms with van der Waals surface area (Å²) >= 11 is 5.81. The van der Waals surface area contributed by atoms with Gasteiger partial charge in [-0.25, -0.2) is 4.39 Å². The second-order valence-electron chi connectivity index (χ2n) is 5.68. The van der Waals surface area contributed by atoms with Crippen molar-refractivity contribution in [1.29, 1.82) is 0 Å². The zero-order chi connectivity index (χ0) is 17.5. The van der Waals surface area contributed by atoms with Crippen molar-refractivity contribution in [3.8, 4) is 0 Å². The molecule has 1 fully saturated rings. The van der Waals surface area contributed by atoms with Gasteiger partial charge < -0.3 is 10.6 Å². The molecule has 132 valence electrons. The average molecular weight is 357 g/mol. The van der Waals surface area contributed by atoms with Crippen LogP contribution in [-0.2, 0) is 9.59 Å². The molecule has 6 nitrogen and oxygen atoms in total. The summed E-state index contributed by atoms with van der Waals surface area (Å²) in [6.45, 7) is 5.88. The molecule has 0 bridgehead atoms. The van der Waals surface area contributed by atoms with Gasteiger partial charge in [-0.1, -0.05) is 11.6 Å². The van der Waals surface area contributed by atoms with E-state index in [1.807, 2.05) is 11.8 Å². The molecule has 8 heteroatoms. The number of carbonyl (C=O) groups excluding carboxylic acids is 2. The van der Waals surface area contributed by atoms with Crippen LogP contribution in [0.4, 0.5) is 10.1 Å². The van der Waals surface area contributed by atoms with Crippen molar-refractivity contribution in [3.63, 3.8) is 0 Å². The van der Waals surface area contributed by atoms with Crippen molar-refractivity contribution in [2.24, 2.45) is 0 Å². The number of hydrogen-bond donors (Lipinski definition) is 2. The highest BCUT2D eigenvalue weighted by Crippen LogP contribution is 2.19. The van der Waals surface area contributed by atoms with Gasteiger partial charge in [0.25, 0.3) is 0 Å². The van der Waals surface area contributed by atoms with Gasteiger partial charge >= 0.3 is 0 Å². The van der Waals surface area contributed by atoms with Gasteiger partial charge in [0.05, 0.1) is 18.8 Å². The van der Waals surface area contributed by atoms with E-state index >= 15 is 0 Å². The van der Waals surface area contributed by atoms with E-state index in [0.717, 1.165) is 13.1 Å². The van der Waals surface area contributed by atoms with Gasteiger partial charge in [-0.15, -0.1) is 0 Å². The van der Waals surface area contributed by atoms with Gasteiger partial charge in [0, 0.05) is 37.7 Å². The first-order valence-corrected chi connectivity index (χ1v) is 8.32. The molecule has 0 aliphatic carbocycles. The molecule has 24 heavy (non-hydrogen) atoms. The molecule has 1 heterocycles. The molecule has 0 unspecified atom stereocenters. The van der Waals surface area contributed by atoms with Gasteiger partial charge in [-0.05, 0) is 25.1 Å². The fourth-order valence-electron chi connectivity index (χ4n) is 2.55. The van der Waals surface area contributed by atoms with E-state index < -0.39 is 5.82 Å². The van der Waals surface area contributed by atoms with Crippen LogP contribution in [-0.4, -0.2) is 67.4 Å². The molecule has 2 N–H and O–H groups in total. The fraction of sp³-hybridized carbons (Fsp3) is 0.500. The lowest BCUT2D eigenvalue weighted by Gasteiger charge is -2.33. The van der Waals surface area contributed by atoms with Crippen molar-refractivity contribution < 1.29 is 14.0 Å². The zero-order valence-electron chi connectivity index (χ0n) is 13.6. The van der Waals surface area contributed by atoms with Crippen LogP contribution in [0.5, 0.6) is 0 Å². The number of nitrogens with zero attached hydrogens (tertiary/aromatic N) is 2. The first kappa shape index (κ1) is 18.6. The lowest BCUT2D eigenvalue weighted by Crippen LogP contribution is -2.51. The molecule has 1 aliphatic heterocycles. The highest BCUT2D eigenvalue weighted by molar-refractivity contribution is 6.30. The SMILES string of the molecule is CCNC(=O)CN1CCN(CC(=O)Nc2cc(Cl)ccc2F)CC1. The van der Waals surface area contributed by atoms with E-state index in [4.69, 9.17) is 11.6 Å². The third kappa shape index (κ3) is 5.74.